The number of nitrogens with zero attached hydrogens (tertiary/aromatic N) is 3. The van der Waals surface area contributed by atoms with E-state index in [1.165, 1.54) is 12.1 Å². The number of halogens is 3. The van der Waals surface area contributed by atoms with Crippen molar-refractivity contribution < 1.29 is 18.0 Å². The van der Waals surface area contributed by atoms with Crippen LogP contribution in [0, 0.1) is 6.92 Å². The zero-order valence-corrected chi connectivity index (χ0v) is 14.3. The van der Waals surface area contributed by atoms with Crippen LogP contribution in [0.15, 0.2) is 36.5 Å². The minimum Gasteiger partial charge on any atom is -0.324 e. The first-order chi connectivity index (χ1) is 12.3. The minimum absolute atomic E-state index is 0.210. The fourth-order valence-corrected chi connectivity index (χ4v) is 3.22. The third-order valence-corrected chi connectivity index (χ3v) is 4.50. The van der Waals surface area contributed by atoms with E-state index in [1.807, 2.05) is 0 Å². The van der Waals surface area contributed by atoms with E-state index < -0.39 is 11.7 Å². The number of likely N-dealkylation sites (tertiary alicyclic amines) is 1. The van der Waals surface area contributed by atoms with Crippen molar-refractivity contribution in [3.05, 3.63) is 53.5 Å². The summed E-state index contributed by atoms with van der Waals surface area (Å²) in [6.07, 6.45) is -1.83. The molecule has 0 aliphatic carbocycles. The van der Waals surface area contributed by atoms with Gasteiger partial charge in [-0.25, -0.2) is 14.8 Å². The lowest BCUT2D eigenvalue weighted by Crippen LogP contribution is -2.41. The number of nitrogens with one attached hydrogen (secondary N) is 1. The Kier molecular flexibility index (Phi) is 5.11. The van der Waals surface area contributed by atoms with Gasteiger partial charge in [0.05, 0.1) is 5.56 Å². The molecule has 0 unspecified atom stereocenters. The number of rotatable bonds is 2. The van der Waals surface area contributed by atoms with Crippen molar-refractivity contribution in [2.24, 2.45) is 0 Å². The van der Waals surface area contributed by atoms with E-state index in [2.05, 4.69) is 15.3 Å². The normalized spacial score (nSPS) is 15.8. The highest BCUT2D eigenvalue weighted by atomic mass is 19.4. The average molecular weight is 364 g/mol. The predicted octanol–water partition coefficient (Wildman–Crippen LogP) is 4.22. The number of hydrogen-bond donors (Lipinski definition) is 1. The van der Waals surface area contributed by atoms with Gasteiger partial charge in [0.25, 0.3) is 0 Å². The molecule has 1 aliphatic rings. The number of amides is 2. The molecule has 1 saturated heterocycles. The average Bonchev–Trinajstić information content (AvgIpc) is 2.61. The Balaban J connectivity index is 1.64. The van der Waals surface area contributed by atoms with Crippen LogP contribution < -0.4 is 5.32 Å². The van der Waals surface area contributed by atoms with Crippen LogP contribution in [0.25, 0.3) is 0 Å². The zero-order chi connectivity index (χ0) is 18.7. The molecule has 0 spiro atoms. The molecule has 138 valence electrons. The Labute approximate surface area is 149 Å². The fourth-order valence-electron chi connectivity index (χ4n) is 3.22. The van der Waals surface area contributed by atoms with Crippen LogP contribution in [-0.4, -0.2) is 34.0 Å². The summed E-state index contributed by atoms with van der Waals surface area (Å²) >= 11 is 0. The molecule has 1 aromatic carbocycles. The van der Waals surface area contributed by atoms with Gasteiger partial charge in [0.15, 0.2) is 0 Å². The lowest BCUT2D eigenvalue weighted by Gasteiger charge is -2.33. The summed E-state index contributed by atoms with van der Waals surface area (Å²) < 4.78 is 39.6. The van der Waals surface area contributed by atoms with Crippen molar-refractivity contribution in [1.82, 2.24) is 14.9 Å². The third kappa shape index (κ3) is 4.12. The fraction of sp³-hybridized carbons (Fsp3) is 0.389. The van der Waals surface area contributed by atoms with Gasteiger partial charge in [-0.15, -0.1) is 0 Å². The molecule has 0 bridgehead atoms. The van der Waals surface area contributed by atoms with Gasteiger partial charge in [0, 0.05) is 19.3 Å². The number of carbonyl (C=O) groups excluding carboxylic acids is 1. The van der Waals surface area contributed by atoms with E-state index in [0.29, 0.717) is 43.1 Å². The summed E-state index contributed by atoms with van der Waals surface area (Å²) in [6, 6.07) is 6.97. The molecule has 0 atom stereocenters. The second kappa shape index (κ2) is 7.31. The van der Waals surface area contributed by atoms with Crippen LogP contribution in [0.1, 0.15) is 35.7 Å². The van der Waals surface area contributed by atoms with E-state index in [0.717, 1.165) is 6.07 Å². The van der Waals surface area contributed by atoms with Crippen molar-refractivity contribution >= 4 is 11.8 Å². The first kappa shape index (κ1) is 18.2. The maximum Gasteiger partial charge on any atom is 0.416 e. The van der Waals surface area contributed by atoms with Crippen LogP contribution in [-0.2, 0) is 6.18 Å². The van der Waals surface area contributed by atoms with Gasteiger partial charge in [-0.2, -0.15) is 13.2 Å². The smallest absolute Gasteiger partial charge is 0.324 e. The maximum atomic E-state index is 13.2. The van der Waals surface area contributed by atoms with E-state index in [9.17, 15) is 18.0 Å². The summed E-state index contributed by atoms with van der Waals surface area (Å²) in [6.45, 7) is 2.51. The molecule has 2 amide bonds. The Morgan fingerprint density at radius 1 is 1.19 bits per heavy atom. The van der Waals surface area contributed by atoms with E-state index >= 15 is 0 Å². The van der Waals surface area contributed by atoms with Crippen molar-refractivity contribution in [2.75, 3.05) is 18.4 Å². The molecule has 26 heavy (non-hydrogen) atoms. The van der Waals surface area contributed by atoms with Gasteiger partial charge in [-0.1, -0.05) is 18.2 Å². The minimum atomic E-state index is -4.37. The molecule has 2 aromatic rings. The molecule has 1 aliphatic heterocycles. The number of aromatic nitrogens is 2. The summed E-state index contributed by atoms with van der Waals surface area (Å²) in [7, 11) is 0. The molecule has 1 fully saturated rings. The zero-order valence-electron chi connectivity index (χ0n) is 14.3. The summed E-state index contributed by atoms with van der Waals surface area (Å²) in [5.74, 6) is 0.746. The van der Waals surface area contributed by atoms with Crippen molar-refractivity contribution in [3.63, 3.8) is 0 Å². The molecular formula is C18H19F3N4O. The number of benzene rings is 1. The molecule has 3 rings (SSSR count). The SMILES string of the molecule is Cc1nccc(NC(=O)N2CCC(c3ccccc3C(F)(F)F)CC2)n1. The first-order valence-corrected chi connectivity index (χ1v) is 8.36. The summed E-state index contributed by atoms with van der Waals surface area (Å²) in [4.78, 5) is 22.0. The monoisotopic (exact) mass is 364 g/mol. The Hall–Kier alpha value is -2.64. The van der Waals surface area contributed by atoms with Crippen molar-refractivity contribution in [1.29, 1.82) is 0 Å². The van der Waals surface area contributed by atoms with Gasteiger partial charge in [0.1, 0.15) is 11.6 Å². The van der Waals surface area contributed by atoms with E-state index in [-0.39, 0.29) is 11.9 Å². The first-order valence-electron chi connectivity index (χ1n) is 8.36. The van der Waals surface area contributed by atoms with E-state index in [4.69, 9.17) is 0 Å². The number of anilines is 1. The highest BCUT2D eigenvalue weighted by molar-refractivity contribution is 5.88. The standard InChI is InChI=1S/C18H19F3N4O/c1-12-22-9-6-16(23-12)24-17(26)25-10-7-13(8-11-25)14-4-2-3-5-15(14)18(19,20)21/h2-6,9,13H,7-8,10-11H2,1H3,(H,22,23,24,26). The number of carbonyl (C=O) groups is 1. The lowest BCUT2D eigenvalue weighted by molar-refractivity contribution is -0.138. The molecule has 5 nitrogen and oxygen atoms in total. The van der Waals surface area contributed by atoms with E-state index in [1.54, 1.807) is 30.2 Å². The second-order valence-electron chi connectivity index (χ2n) is 6.27. The van der Waals surface area contributed by atoms with Gasteiger partial charge in [-0.05, 0) is 43.4 Å². The van der Waals surface area contributed by atoms with Crippen LogP contribution in [0.4, 0.5) is 23.8 Å². The lowest BCUT2D eigenvalue weighted by atomic mass is 9.86. The van der Waals surface area contributed by atoms with Gasteiger partial charge in [0.2, 0.25) is 0 Å². The van der Waals surface area contributed by atoms with Crippen molar-refractivity contribution in [3.8, 4) is 0 Å². The molecule has 0 radical (unpaired) electrons. The molecule has 0 saturated carbocycles. The third-order valence-electron chi connectivity index (χ3n) is 4.50. The van der Waals surface area contributed by atoms with Gasteiger partial charge in [-0.3, -0.25) is 5.32 Å². The summed E-state index contributed by atoms with van der Waals surface area (Å²) in [5.41, 5.74) is -0.272. The highest BCUT2D eigenvalue weighted by Gasteiger charge is 2.36. The van der Waals surface area contributed by atoms with Crippen LogP contribution in [0.5, 0.6) is 0 Å². The number of piperidine rings is 1. The van der Waals surface area contributed by atoms with Crippen LogP contribution in [0.2, 0.25) is 0 Å². The maximum absolute atomic E-state index is 13.2. The second-order valence-corrected chi connectivity index (χ2v) is 6.27. The Morgan fingerprint density at radius 2 is 1.88 bits per heavy atom. The Bertz CT molecular complexity index is 786. The van der Waals surface area contributed by atoms with Gasteiger partial charge < -0.3 is 4.90 Å². The molecule has 1 N–H and O–H groups in total. The topological polar surface area (TPSA) is 58.1 Å². The molecule has 8 heteroatoms. The largest absolute Gasteiger partial charge is 0.416 e. The molecular weight excluding hydrogens is 345 g/mol. The van der Waals surface area contributed by atoms with Crippen molar-refractivity contribution in [2.45, 2.75) is 31.9 Å². The predicted molar refractivity (Wildman–Crippen MR) is 90.8 cm³/mol. The number of urea groups is 1. The van der Waals surface area contributed by atoms with Gasteiger partial charge >= 0.3 is 12.2 Å². The highest BCUT2D eigenvalue weighted by Crippen LogP contribution is 2.38. The summed E-state index contributed by atoms with van der Waals surface area (Å²) in [5, 5.41) is 2.70. The van der Waals surface area contributed by atoms with Crippen LogP contribution >= 0.6 is 0 Å². The quantitative estimate of drug-likeness (QED) is 0.868. The number of hydrogen-bond acceptors (Lipinski definition) is 3. The van der Waals surface area contributed by atoms with Crippen LogP contribution in [0.3, 0.4) is 0 Å². The Morgan fingerprint density at radius 3 is 2.54 bits per heavy atom. The molecule has 2 heterocycles. The number of alkyl halides is 3. The number of aryl methyl sites for hydroxylation is 1. The molecule has 1 aromatic heterocycles.